The Hall–Kier alpha value is -2.97. The van der Waals surface area contributed by atoms with Gasteiger partial charge in [-0.05, 0) is 37.5 Å². The first-order chi connectivity index (χ1) is 16.7. The van der Waals surface area contributed by atoms with Crippen molar-refractivity contribution >= 4 is 41.3 Å². The van der Waals surface area contributed by atoms with Gasteiger partial charge in [-0.2, -0.15) is 0 Å². The van der Waals surface area contributed by atoms with Crippen LogP contribution in [0.15, 0.2) is 71.9 Å². The molecule has 4 rings (SSSR count). The molecule has 0 radical (unpaired) electrons. The molecule has 2 aliphatic heterocycles. The van der Waals surface area contributed by atoms with Crippen LogP contribution in [0.4, 0.5) is 4.79 Å². The molecule has 0 bridgehead atoms. The Kier molecular flexibility index (Phi) is 7.42. The molecule has 0 saturated carbocycles. The molecule has 1 saturated heterocycles. The number of hydrogen-bond acceptors (Lipinski definition) is 6. The third-order valence-corrected chi connectivity index (χ3v) is 7.17. The maximum absolute atomic E-state index is 13.5. The first-order valence-electron chi connectivity index (χ1n) is 11.2. The van der Waals surface area contributed by atoms with Gasteiger partial charge in [-0.25, -0.2) is 9.59 Å². The van der Waals surface area contributed by atoms with Crippen LogP contribution in [-0.4, -0.2) is 51.5 Å². The van der Waals surface area contributed by atoms with Gasteiger partial charge >= 0.3 is 12.1 Å². The number of ether oxygens (including phenoxy) is 2. The summed E-state index contributed by atoms with van der Waals surface area (Å²) in [5, 5.41) is 2.18. The van der Waals surface area contributed by atoms with Gasteiger partial charge in [0, 0.05) is 11.6 Å². The largest absolute Gasteiger partial charge is 0.448 e. The number of alkyl carbamates (subject to hydrolysis) is 1. The molecule has 0 unspecified atom stereocenters. The summed E-state index contributed by atoms with van der Waals surface area (Å²) in [5.74, 6) is -0.512. The Morgan fingerprint density at radius 2 is 1.66 bits per heavy atom. The maximum atomic E-state index is 13.5. The zero-order valence-corrected chi connectivity index (χ0v) is 21.3. The van der Waals surface area contributed by atoms with Gasteiger partial charge in [-0.3, -0.25) is 9.69 Å². The van der Waals surface area contributed by atoms with Gasteiger partial charge in [-0.15, -0.1) is 23.4 Å². The fourth-order valence-corrected chi connectivity index (χ4v) is 5.64. The lowest BCUT2D eigenvalue weighted by atomic mass is 10.0. The van der Waals surface area contributed by atoms with Crippen molar-refractivity contribution in [1.82, 2.24) is 10.2 Å². The lowest BCUT2D eigenvalue weighted by Gasteiger charge is -2.49. The van der Waals surface area contributed by atoms with Crippen molar-refractivity contribution in [2.75, 3.05) is 11.6 Å². The van der Waals surface area contributed by atoms with Crippen LogP contribution in [0.1, 0.15) is 38.0 Å². The van der Waals surface area contributed by atoms with E-state index in [0.29, 0.717) is 11.3 Å². The van der Waals surface area contributed by atoms with Gasteiger partial charge in [0.05, 0.1) is 0 Å². The minimum absolute atomic E-state index is 0.0828. The van der Waals surface area contributed by atoms with Crippen molar-refractivity contribution in [3.63, 3.8) is 0 Å². The highest BCUT2D eigenvalue weighted by atomic mass is 35.5. The van der Waals surface area contributed by atoms with E-state index in [1.165, 1.54) is 16.7 Å². The Labute approximate surface area is 213 Å². The van der Waals surface area contributed by atoms with Crippen LogP contribution in [0.5, 0.6) is 0 Å². The summed E-state index contributed by atoms with van der Waals surface area (Å²) in [5.41, 5.74) is 1.68. The van der Waals surface area contributed by atoms with Crippen LogP contribution in [-0.2, 0) is 19.1 Å². The number of halogens is 1. The lowest BCUT2D eigenvalue weighted by molar-refractivity contribution is -0.153. The van der Waals surface area contributed by atoms with Gasteiger partial charge in [0.25, 0.3) is 5.91 Å². The van der Waals surface area contributed by atoms with E-state index in [9.17, 15) is 14.4 Å². The average Bonchev–Trinajstić information content (AvgIpc) is 2.84. The highest BCUT2D eigenvalue weighted by Crippen LogP contribution is 2.42. The van der Waals surface area contributed by atoms with Crippen molar-refractivity contribution in [2.45, 2.75) is 43.9 Å². The molecule has 0 spiro atoms. The number of hydrogen-bond donors (Lipinski definition) is 1. The maximum Gasteiger partial charge on any atom is 0.408 e. The van der Waals surface area contributed by atoms with Gasteiger partial charge in [0.15, 0.2) is 6.10 Å². The second kappa shape index (κ2) is 10.3. The second-order valence-electron chi connectivity index (χ2n) is 9.23. The molecule has 2 aromatic carbocycles. The first-order valence-corrected chi connectivity index (χ1v) is 12.8. The number of fused-ring (bicyclic) bond motifs is 1. The van der Waals surface area contributed by atoms with E-state index < -0.39 is 41.1 Å². The molecule has 1 N–H and O–H groups in total. The van der Waals surface area contributed by atoms with Gasteiger partial charge in [0.1, 0.15) is 22.7 Å². The van der Waals surface area contributed by atoms with Crippen LogP contribution >= 0.6 is 23.4 Å². The van der Waals surface area contributed by atoms with E-state index in [-0.39, 0.29) is 11.6 Å². The second-order valence-corrected chi connectivity index (χ2v) is 10.6. The number of benzene rings is 2. The molecule has 35 heavy (non-hydrogen) atoms. The predicted molar refractivity (Wildman–Crippen MR) is 135 cm³/mol. The third kappa shape index (κ3) is 5.49. The summed E-state index contributed by atoms with van der Waals surface area (Å²) in [6.07, 6.45) is -1.34. The minimum atomic E-state index is -0.798. The normalized spacial score (nSPS) is 19.7. The molecular weight excluding hydrogens is 488 g/mol. The summed E-state index contributed by atoms with van der Waals surface area (Å²) in [6.45, 7) is 5.24. The molecule has 2 aromatic rings. The Balaban J connectivity index is 1.57. The third-order valence-electron chi connectivity index (χ3n) is 5.50. The van der Waals surface area contributed by atoms with Gasteiger partial charge < -0.3 is 14.8 Å². The zero-order chi connectivity index (χ0) is 25.2. The summed E-state index contributed by atoms with van der Waals surface area (Å²) in [6, 6.07) is 18.0. The van der Waals surface area contributed by atoms with Gasteiger partial charge in [0.2, 0.25) is 0 Å². The predicted octanol–water partition coefficient (Wildman–Crippen LogP) is 4.62. The molecule has 1 fully saturated rings. The van der Waals surface area contributed by atoms with Crippen LogP contribution in [0.2, 0.25) is 0 Å². The van der Waals surface area contributed by atoms with Crippen molar-refractivity contribution < 1.29 is 23.9 Å². The number of nitrogens with one attached hydrogen (secondary N) is 1. The van der Waals surface area contributed by atoms with E-state index in [2.05, 4.69) is 5.32 Å². The smallest absolute Gasteiger partial charge is 0.408 e. The van der Waals surface area contributed by atoms with E-state index >= 15 is 0 Å². The number of rotatable bonds is 6. The molecule has 2 heterocycles. The zero-order valence-electron chi connectivity index (χ0n) is 19.7. The van der Waals surface area contributed by atoms with Crippen LogP contribution < -0.4 is 5.32 Å². The first kappa shape index (κ1) is 25.1. The SMILES string of the molecule is CC(C)(C)OC(=O)N[C@@H]1C(=O)N2C(C(=O)OC(c3ccccc3)c3ccccc3)=C(CCl)CS[C@@H]12. The number of β-lactam (4-membered cyclic amide) rings is 1. The summed E-state index contributed by atoms with van der Waals surface area (Å²) in [7, 11) is 0. The average molecular weight is 515 g/mol. The molecule has 0 aromatic heterocycles. The number of carbonyl (C=O) groups is 3. The summed E-state index contributed by atoms with van der Waals surface area (Å²) < 4.78 is 11.3. The molecule has 184 valence electrons. The monoisotopic (exact) mass is 514 g/mol. The van der Waals surface area contributed by atoms with Crippen LogP contribution in [0.25, 0.3) is 0 Å². The highest BCUT2D eigenvalue weighted by molar-refractivity contribution is 8.00. The molecule has 2 atom stereocenters. The molecule has 9 heteroatoms. The van der Waals surface area contributed by atoms with Crippen LogP contribution in [0, 0.1) is 0 Å². The summed E-state index contributed by atoms with van der Waals surface area (Å²) >= 11 is 7.60. The van der Waals surface area contributed by atoms with Gasteiger partial charge in [-0.1, -0.05) is 60.7 Å². The van der Waals surface area contributed by atoms with E-state index in [4.69, 9.17) is 21.1 Å². The highest BCUT2D eigenvalue weighted by Gasteiger charge is 2.55. The number of thioether (sulfide) groups is 1. The Morgan fingerprint density at radius 3 is 2.17 bits per heavy atom. The summed E-state index contributed by atoms with van der Waals surface area (Å²) in [4.78, 5) is 40.2. The minimum Gasteiger partial charge on any atom is -0.448 e. The van der Waals surface area contributed by atoms with E-state index in [1.807, 2.05) is 60.7 Å². The molecule has 0 aliphatic carbocycles. The molecular formula is C26H27ClN2O5S. The molecule has 2 amide bonds. The van der Waals surface area contributed by atoms with Crippen molar-refractivity contribution in [3.05, 3.63) is 83.1 Å². The number of carbonyl (C=O) groups excluding carboxylic acids is 3. The quantitative estimate of drug-likeness (QED) is 0.344. The molecule has 2 aliphatic rings. The Morgan fingerprint density at radius 1 is 1.09 bits per heavy atom. The fraction of sp³-hybridized carbons (Fsp3) is 0.346. The van der Waals surface area contributed by atoms with E-state index in [0.717, 1.165) is 11.1 Å². The van der Waals surface area contributed by atoms with Crippen molar-refractivity contribution in [2.24, 2.45) is 0 Å². The van der Waals surface area contributed by atoms with Crippen LogP contribution in [0.3, 0.4) is 0 Å². The number of amides is 2. The topological polar surface area (TPSA) is 84.9 Å². The number of alkyl halides is 1. The number of esters is 1. The van der Waals surface area contributed by atoms with E-state index in [1.54, 1.807) is 20.8 Å². The fourth-order valence-electron chi connectivity index (χ4n) is 3.96. The van der Waals surface area contributed by atoms with Crippen molar-refractivity contribution in [3.8, 4) is 0 Å². The lowest BCUT2D eigenvalue weighted by Crippen LogP contribution is -2.70. The Bertz CT molecular complexity index is 1090. The standard InChI is InChI=1S/C26H27ClN2O5S/c1-26(2,3)34-25(32)28-19-22(30)29-20(18(14-27)15-35-23(19)29)24(31)33-21(16-10-6-4-7-11-16)17-12-8-5-9-13-17/h4-13,19,21,23H,14-15H2,1-3H3,(H,28,32)/t19-,23+/m1/s1. The molecule has 7 nitrogen and oxygen atoms in total. The van der Waals surface area contributed by atoms with Crippen molar-refractivity contribution in [1.29, 1.82) is 0 Å². The number of nitrogens with zero attached hydrogens (tertiary/aromatic N) is 1.